The Labute approximate surface area is 121 Å². The van der Waals surface area contributed by atoms with Crippen molar-refractivity contribution in [3.8, 4) is 0 Å². The zero-order chi connectivity index (χ0) is 14.0. The lowest BCUT2D eigenvalue weighted by Crippen LogP contribution is -2.12. The average molecular weight is 343 g/mol. The molecular weight excluding hydrogens is 334 g/mol. The predicted molar refractivity (Wildman–Crippen MR) is 75.6 cm³/mol. The predicted octanol–water partition coefficient (Wildman–Crippen LogP) is 4.16. The molecule has 2 aromatic carbocycles. The van der Waals surface area contributed by atoms with Gasteiger partial charge < -0.3 is 5.73 Å². The molecule has 2 aromatic rings. The van der Waals surface area contributed by atoms with E-state index >= 15 is 0 Å². The molecule has 0 aliphatic heterocycles. The van der Waals surface area contributed by atoms with E-state index in [1.54, 1.807) is 18.2 Å². The van der Waals surface area contributed by atoms with Crippen LogP contribution >= 0.6 is 27.7 Å². The van der Waals surface area contributed by atoms with Crippen molar-refractivity contribution in [1.82, 2.24) is 0 Å². The van der Waals surface area contributed by atoms with Gasteiger partial charge in [0.15, 0.2) is 0 Å². The van der Waals surface area contributed by atoms with Crippen LogP contribution in [-0.4, -0.2) is 5.84 Å². The van der Waals surface area contributed by atoms with Crippen molar-refractivity contribution < 1.29 is 8.78 Å². The zero-order valence-electron chi connectivity index (χ0n) is 9.58. The van der Waals surface area contributed by atoms with Crippen molar-refractivity contribution in [2.24, 2.45) is 5.73 Å². The number of halogens is 3. The fraction of sp³-hybridized carbons (Fsp3) is 0. The fourth-order valence-electron chi connectivity index (χ4n) is 1.48. The van der Waals surface area contributed by atoms with Crippen LogP contribution in [0.3, 0.4) is 0 Å². The van der Waals surface area contributed by atoms with Crippen LogP contribution in [-0.2, 0) is 0 Å². The molecule has 98 valence electrons. The summed E-state index contributed by atoms with van der Waals surface area (Å²) in [7, 11) is 0. The van der Waals surface area contributed by atoms with Crippen molar-refractivity contribution >= 4 is 33.5 Å². The zero-order valence-corrected chi connectivity index (χ0v) is 12.0. The molecule has 0 fully saturated rings. The summed E-state index contributed by atoms with van der Waals surface area (Å²) in [6, 6.07) is 8.38. The molecular formula is C13H9BrF2N2S. The minimum atomic E-state index is -0.510. The van der Waals surface area contributed by atoms with E-state index in [0.29, 0.717) is 10.5 Å². The third-order valence-corrected chi connectivity index (χ3v) is 3.95. The standard InChI is InChI=1S/C13H9BrF2N2S/c14-7-1-4-11(9(5-7)13(17)18)19-12-6-8(15)2-3-10(12)16/h1-6H,(H3,17,18). The molecule has 2 nitrogen and oxygen atoms in total. The molecule has 0 aliphatic rings. The molecule has 0 aliphatic carbocycles. The molecule has 0 saturated heterocycles. The van der Waals surface area contributed by atoms with Crippen LogP contribution in [0.2, 0.25) is 0 Å². The van der Waals surface area contributed by atoms with Crippen molar-refractivity contribution in [1.29, 1.82) is 5.41 Å². The molecule has 3 N–H and O–H groups in total. The molecule has 0 aromatic heterocycles. The van der Waals surface area contributed by atoms with Crippen LogP contribution in [0.4, 0.5) is 8.78 Å². The molecule has 0 atom stereocenters. The number of benzene rings is 2. The van der Waals surface area contributed by atoms with Crippen LogP contribution in [0.25, 0.3) is 0 Å². The highest BCUT2D eigenvalue weighted by Crippen LogP contribution is 2.33. The van der Waals surface area contributed by atoms with E-state index < -0.39 is 11.6 Å². The first-order valence-corrected chi connectivity index (χ1v) is 6.85. The third kappa shape index (κ3) is 3.33. The van der Waals surface area contributed by atoms with Crippen molar-refractivity contribution in [3.05, 3.63) is 58.1 Å². The molecule has 0 bridgehead atoms. The van der Waals surface area contributed by atoms with Gasteiger partial charge in [-0.3, -0.25) is 5.41 Å². The number of nitrogen functional groups attached to an aromatic ring is 1. The fourth-order valence-corrected chi connectivity index (χ4v) is 2.83. The van der Waals surface area contributed by atoms with Gasteiger partial charge in [-0.15, -0.1) is 0 Å². The van der Waals surface area contributed by atoms with E-state index in [4.69, 9.17) is 11.1 Å². The quantitative estimate of drug-likeness (QED) is 0.649. The highest BCUT2D eigenvalue weighted by Gasteiger charge is 2.11. The molecule has 0 heterocycles. The minimum Gasteiger partial charge on any atom is -0.384 e. The summed E-state index contributed by atoms with van der Waals surface area (Å²) >= 11 is 4.32. The molecule has 0 spiro atoms. The number of nitrogens with one attached hydrogen (secondary N) is 1. The van der Waals surface area contributed by atoms with Crippen LogP contribution in [0.5, 0.6) is 0 Å². The lowest BCUT2D eigenvalue weighted by Gasteiger charge is -2.09. The van der Waals surface area contributed by atoms with E-state index in [9.17, 15) is 8.78 Å². The van der Waals surface area contributed by atoms with Crippen LogP contribution in [0.15, 0.2) is 50.7 Å². The topological polar surface area (TPSA) is 49.9 Å². The summed E-state index contributed by atoms with van der Waals surface area (Å²) in [6.07, 6.45) is 0. The van der Waals surface area contributed by atoms with Gasteiger partial charge in [0.1, 0.15) is 17.5 Å². The Balaban J connectivity index is 2.43. The van der Waals surface area contributed by atoms with Gasteiger partial charge in [-0.1, -0.05) is 27.7 Å². The third-order valence-electron chi connectivity index (χ3n) is 2.34. The van der Waals surface area contributed by atoms with E-state index in [0.717, 1.165) is 34.4 Å². The van der Waals surface area contributed by atoms with Gasteiger partial charge in [0.05, 0.1) is 4.90 Å². The van der Waals surface area contributed by atoms with Gasteiger partial charge in [0, 0.05) is 14.9 Å². The number of hydrogen-bond acceptors (Lipinski definition) is 2. The Morgan fingerprint density at radius 3 is 2.53 bits per heavy atom. The number of nitrogens with two attached hydrogens (primary N) is 1. The first-order valence-electron chi connectivity index (χ1n) is 5.24. The van der Waals surface area contributed by atoms with Gasteiger partial charge in [0.25, 0.3) is 0 Å². The summed E-state index contributed by atoms with van der Waals surface area (Å²) in [5.41, 5.74) is 5.96. The molecule has 0 unspecified atom stereocenters. The summed E-state index contributed by atoms with van der Waals surface area (Å²) in [5, 5.41) is 7.51. The molecule has 0 radical (unpaired) electrons. The Bertz CT molecular complexity index is 647. The van der Waals surface area contributed by atoms with Gasteiger partial charge in [-0.2, -0.15) is 0 Å². The summed E-state index contributed by atoms with van der Waals surface area (Å²) in [5.74, 6) is -1.14. The highest BCUT2D eigenvalue weighted by molar-refractivity contribution is 9.10. The van der Waals surface area contributed by atoms with Gasteiger partial charge in [0.2, 0.25) is 0 Å². The number of rotatable bonds is 3. The van der Waals surface area contributed by atoms with Gasteiger partial charge >= 0.3 is 0 Å². The van der Waals surface area contributed by atoms with Crippen LogP contribution < -0.4 is 5.73 Å². The first kappa shape index (κ1) is 14.0. The summed E-state index contributed by atoms with van der Waals surface area (Å²) in [6.45, 7) is 0. The Morgan fingerprint density at radius 1 is 1.11 bits per heavy atom. The smallest absolute Gasteiger partial charge is 0.137 e. The molecule has 0 amide bonds. The Morgan fingerprint density at radius 2 is 1.84 bits per heavy atom. The molecule has 6 heteroatoms. The second kappa shape index (κ2) is 5.71. The highest BCUT2D eigenvalue weighted by atomic mass is 79.9. The Hall–Kier alpha value is -1.40. The summed E-state index contributed by atoms with van der Waals surface area (Å²) in [4.78, 5) is 0.755. The van der Waals surface area contributed by atoms with Crippen molar-refractivity contribution in [2.75, 3.05) is 0 Å². The van der Waals surface area contributed by atoms with E-state index in [1.807, 2.05) is 0 Å². The second-order valence-corrected chi connectivity index (χ2v) is 5.73. The lowest BCUT2D eigenvalue weighted by molar-refractivity contribution is 0.577. The minimum absolute atomic E-state index is 0.124. The Kier molecular flexibility index (Phi) is 4.21. The van der Waals surface area contributed by atoms with E-state index in [-0.39, 0.29) is 10.7 Å². The maximum absolute atomic E-state index is 13.6. The first-order chi connectivity index (χ1) is 8.97. The average Bonchev–Trinajstić information content (AvgIpc) is 2.35. The monoisotopic (exact) mass is 342 g/mol. The largest absolute Gasteiger partial charge is 0.384 e. The second-order valence-electron chi connectivity index (χ2n) is 3.73. The maximum atomic E-state index is 13.6. The van der Waals surface area contributed by atoms with E-state index in [1.165, 1.54) is 0 Å². The lowest BCUT2D eigenvalue weighted by atomic mass is 10.2. The molecule has 2 rings (SSSR count). The van der Waals surface area contributed by atoms with Crippen LogP contribution in [0.1, 0.15) is 5.56 Å². The van der Waals surface area contributed by atoms with Gasteiger partial charge in [-0.05, 0) is 36.4 Å². The number of amidine groups is 1. The number of hydrogen-bond donors (Lipinski definition) is 2. The van der Waals surface area contributed by atoms with Crippen LogP contribution in [0, 0.1) is 17.0 Å². The summed E-state index contributed by atoms with van der Waals surface area (Å²) < 4.78 is 27.5. The molecule has 0 saturated carbocycles. The normalized spacial score (nSPS) is 10.5. The van der Waals surface area contributed by atoms with Crippen molar-refractivity contribution in [3.63, 3.8) is 0 Å². The SMILES string of the molecule is N=C(N)c1cc(Br)ccc1Sc1cc(F)ccc1F. The van der Waals surface area contributed by atoms with Gasteiger partial charge in [-0.25, -0.2) is 8.78 Å². The molecule has 19 heavy (non-hydrogen) atoms. The van der Waals surface area contributed by atoms with E-state index in [2.05, 4.69) is 15.9 Å². The van der Waals surface area contributed by atoms with Crippen molar-refractivity contribution in [2.45, 2.75) is 9.79 Å². The maximum Gasteiger partial charge on any atom is 0.137 e.